The molecule has 30 heavy (non-hydrogen) atoms. The monoisotopic (exact) mass is 407 g/mol. The molecule has 1 saturated carbocycles. The van der Waals surface area contributed by atoms with Crippen molar-refractivity contribution in [2.24, 2.45) is 0 Å². The topological polar surface area (TPSA) is 99.8 Å². The Bertz CT molecular complexity index is 1040. The van der Waals surface area contributed by atoms with Gasteiger partial charge in [0.15, 0.2) is 5.69 Å². The Balaban J connectivity index is 1.39. The molecule has 2 amide bonds. The van der Waals surface area contributed by atoms with Gasteiger partial charge >= 0.3 is 0 Å². The van der Waals surface area contributed by atoms with Gasteiger partial charge in [0.25, 0.3) is 11.8 Å². The predicted molar refractivity (Wildman–Crippen MR) is 109 cm³/mol. The largest absolute Gasteiger partial charge is 0.349 e. The van der Waals surface area contributed by atoms with E-state index in [1.807, 2.05) is 12.1 Å². The average Bonchev–Trinajstić information content (AvgIpc) is 3.29. The molecule has 2 atom stereocenters. The van der Waals surface area contributed by atoms with Gasteiger partial charge in [0.05, 0.1) is 6.20 Å². The maximum atomic E-state index is 13.5. The van der Waals surface area contributed by atoms with Gasteiger partial charge in [-0.15, -0.1) is 0 Å². The second kappa shape index (κ2) is 8.86. The van der Waals surface area contributed by atoms with E-state index in [9.17, 15) is 14.0 Å². The number of carbonyl (C=O) groups is 2. The summed E-state index contributed by atoms with van der Waals surface area (Å²) in [5, 5.41) is 15.9. The van der Waals surface area contributed by atoms with Crippen molar-refractivity contribution in [2.45, 2.75) is 37.8 Å². The lowest BCUT2D eigenvalue weighted by atomic mass is 9.90. The van der Waals surface area contributed by atoms with Crippen molar-refractivity contribution in [3.63, 3.8) is 0 Å². The highest BCUT2D eigenvalue weighted by molar-refractivity contribution is 5.95. The molecule has 0 radical (unpaired) electrons. The fourth-order valence-electron chi connectivity index (χ4n) is 3.80. The maximum Gasteiger partial charge on any atom is 0.273 e. The number of amides is 2. The third kappa shape index (κ3) is 4.71. The number of benzene rings is 2. The van der Waals surface area contributed by atoms with Gasteiger partial charge in [-0.2, -0.15) is 15.4 Å². The molecule has 1 heterocycles. The van der Waals surface area contributed by atoms with Crippen LogP contribution in [-0.2, 0) is 0 Å². The SMILES string of the molecule is O=C(N[C@@H]1CCC[C@@H](NC(=O)c2cn[nH]n2)C1)c1cccc(-c2cccc(F)c2)c1. The first kappa shape index (κ1) is 19.8. The summed E-state index contributed by atoms with van der Waals surface area (Å²) in [6, 6.07) is 13.4. The van der Waals surface area contributed by atoms with Crippen LogP contribution in [0.5, 0.6) is 0 Å². The molecule has 7 nitrogen and oxygen atoms in total. The Labute approximate surface area is 173 Å². The van der Waals surface area contributed by atoms with E-state index in [-0.39, 0.29) is 35.4 Å². The van der Waals surface area contributed by atoms with Crippen LogP contribution in [0.4, 0.5) is 4.39 Å². The number of H-pyrrole nitrogens is 1. The summed E-state index contributed by atoms with van der Waals surface area (Å²) in [6.07, 6.45) is 4.64. The molecule has 1 aliphatic carbocycles. The summed E-state index contributed by atoms with van der Waals surface area (Å²) in [6.45, 7) is 0. The Hall–Kier alpha value is -3.55. The van der Waals surface area contributed by atoms with Crippen LogP contribution >= 0.6 is 0 Å². The van der Waals surface area contributed by atoms with E-state index in [1.54, 1.807) is 24.3 Å². The molecule has 0 spiro atoms. The van der Waals surface area contributed by atoms with Gasteiger partial charge in [-0.3, -0.25) is 9.59 Å². The summed E-state index contributed by atoms with van der Waals surface area (Å²) >= 11 is 0. The predicted octanol–water partition coefficient (Wildman–Crippen LogP) is 3.08. The molecule has 3 aromatic rings. The summed E-state index contributed by atoms with van der Waals surface area (Å²) in [5.74, 6) is -0.770. The summed E-state index contributed by atoms with van der Waals surface area (Å²) in [4.78, 5) is 25.0. The molecular formula is C22H22FN5O2. The minimum atomic E-state index is -0.316. The third-order valence-corrected chi connectivity index (χ3v) is 5.28. The number of aromatic nitrogens is 3. The average molecular weight is 407 g/mol. The lowest BCUT2D eigenvalue weighted by Crippen LogP contribution is -2.45. The minimum Gasteiger partial charge on any atom is -0.349 e. The number of carbonyl (C=O) groups excluding carboxylic acids is 2. The highest BCUT2D eigenvalue weighted by Crippen LogP contribution is 2.23. The van der Waals surface area contributed by atoms with Crippen LogP contribution in [0.15, 0.2) is 54.7 Å². The molecule has 0 unspecified atom stereocenters. The molecule has 1 aromatic heterocycles. The first-order chi connectivity index (χ1) is 14.6. The van der Waals surface area contributed by atoms with Gasteiger partial charge in [-0.05, 0) is 61.1 Å². The van der Waals surface area contributed by atoms with Crippen molar-refractivity contribution in [3.8, 4) is 11.1 Å². The van der Waals surface area contributed by atoms with E-state index in [0.29, 0.717) is 12.0 Å². The third-order valence-electron chi connectivity index (χ3n) is 5.28. The lowest BCUT2D eigenvalue weighted by molar-refractivity contribution is 0.0900. The fraction of sp³-hybridized carbons (Fsp3) is 0.273. The molecule has 3 N–H and O–H groups in total. The Morgan fingerprint density at radius 2 is 1.67 bits per heavy atom. The Morgan fingerprint density at radius 1 is 0.967 bits per heavy atom. The number of nitrogens with zero attached hydrogens (tertiary/aromatic N) is 2. The quantitative estimate of drug-likeness (QED) is 0.605. The standard InChI is InChI=1S/C22H22FN5O2/c23-17-7-2-5-15(11-17)14-4-1-6-16(10-14)21(29)25-18-8-3-9-19(12-18)26-22(30)20-13-24-28-27-20/h1-2,4-7,10-11,13,18-19H,3,8-9,12H2,(H,25,29)(H,26,30)(H,24,27,28)/t18-,19-/m1/s1. The van der Waals surface area contributed by atoms with Crippen LogP contribution in [0.1, 0.15) is 46.5 Å². The van der Waals surface area contributed by atoms with E-state index in [1.165, 1.54) is 18.3 Å². The van der Waals surface area contributed by atoms with E-state index in [2.05, 4.69) is 26.0 Å². The first-order valence-corrected chi connectivity index (χ1v) is 9.92. The maximum absolute atomic E-state index is 13.5. The van der Waals surface area contributed by atoms with Crippen LogP contribution in [-0.4, -0.2) is 39.3 Å². The van der Waals surface area contributed by atoms with Crippen LogP contribution < -0.4 is 10.6 Å². The van der Waals surface area contributed by atoms with E-state index in [0.717, 1.165) is 30.4 Å². The molecule has 4 rings (SSSR count). The summed E-state index contributed by atoms with van der Waals surface area (Å²) in [7, 11) is 0. The highest BCUT2D eigenvalue weighted by Gasteiger charge is 2.25. The van der Waals surface area contributed by atoms with Crippen molar-refractivity contribution >= 4 is 11.8 Å². The van der Waals surface area contributed by atoms with Gasteiger partial charge in [0.1, 0.15) is 5.82 Å². The van der Waals surface area contributed by atoms with E-state index >= 15 is 0 Å². The number of rotatable bonds is 5. The zero-order valence-corrected chi connectivity index (χ0v) is 16.3. The van der Waals surface area contributed by atoms with E-state index in [4.69, 9.17) is 0 Å². The molecule has 0 bridgehead atoms. The second-order valence-corrected chi connectivity index (χ2v) is 7.45. The lowest BCUT2D eigenvalue weighted by Gasteiger charge is -2.30. The fourth-order valence-corrected chi connectivity index (χ4v) is 3.80. The second-order valence-electron chi connectivity index (χ2n) is 7.45. The van der Waals surface area contributed by atoms with Gasteiger partial charge in [-0.25, -0.2) is 4.39 Å². The van der Waals surface area contributed by atoms with Crippen molar-refractivity contribution in [1.82, 2.24) is 26.0 Å². The number of halogens is 1. The molecule has 1 fully saturated rings. The van der Waals surface area contributed by atoms with Crippen molar-refractivity contribution in [3.05, 3.63) is 71.8 Å². The number of aromatic amines is 1. The van der Waals surface area contributed by atoms with Crippen LogP contribution in [0.2, 0.25) is 0 Å². The zero-order chi connectivity index (χ0) is 20.9. The number of nitrogens with one attached hydrogen (secondary N) is 3. The Morgan fingerprint density at radius 3 is 2.37 bits per heavy atom. The van der Waals surface area contributed by atoms with Crippen molar-refractivity contribution in [1.29, 1.82) is 0 Å². The molecule has 2 aromatic carbocycles. The van der Waals surface area contributed by atoms with Crippen molar-refractivity contribution < 1.29 is 14.0 Å². The number of hydrogen-bond donors (Lipinski definition) is 3. The molecule has 1 aliphatic rings. The molecule has 154 valence electrons. The van der Waals surface area contributed by atoms with Gasteiger partial charge in [0, 0.05) is 17.6 Å². The normalized spacial score (nSPS) is 18.6. The smallest absolute Gasteiger partial charge is 0.273 e. The van der Waals surface area contributed by atoms with Gasteiger partial charge < -0.3 is 10.6 Å². The highest BCUT2D eigenvalue weighted by atomic mass is 19.1. The number of hydrogen-bond acceptors (Lipinski definition) is 4. The van der Waals surface area contributed by atoms with Crippen LogP contribution in [0.3, 0.4) is 0 Å². The first-order valence-electron chi connectivity index (χ1n) is 9.92. The van der Waals surface area contributed by atoms with Crippen molar-refractivity contribution in [2.75, 3.05) is 0 Å². The van der Waals surface area contributed by atoms with Gasteiger partial charge in [0.2, 0.25) is 0 Å². The summed E-state index contributed by atoms with van der Waals surface area (Å²) < 4.78 is 13.5. The van der Waals surface area contributed by atoms with Crippen LogP contribution in [0, 0.1) is 5.82 Å². The molecule has 8 heteroatoms. The van der Waals surface area contributed by atoms with Gasteiger partial charge in [-0.1, -0.05) is 24.3 Å². The Kier molecular flexibility index (Phi) is 5.83. The minimum absolute atomic E-state index is 0.0353. The molecular weight excluding hydrogens is 385 g/mol. The molecule has 0 aliphatic heterocycles. The zero-order valence-electron chi connectivity index (χ0n) is 16.3. The summed E-state index contributed by atoms with van der Waals surface area (Å²) in [5.41, 5.74) is 2.27. The van der Waals surface area contributed by atoms with E-state index < -0.39 is 0 Å². The molecule has 0 saturated heterocycles. The van der Waals surface area contributed by atoms with Crippen LogP contribution in [0.25, 0.3) is 11.1 Å².